The van der Waals surface area contributed by atoms with Gasteiger partial charge >= 0.3 is 5.97 Å². The number of carbonyl (C=O) groups is 1. The van der Waals surface area contributed by atoms with E-state index in [1.54, 1.807) is 0 Å². The number of likely N-dealkylation sites (tertiary alicyclic amines) is 1. The van der Waals surface area contributed by atoms with Crippen molar-refractivity contribution >= 4 is 5.97 Å². The summed E-state index contributed by atoms with van der Waals surface area (Å²) in [4.78, 5) is 15.8. The van der Waals surface area contributed by atoms with Gasteiger partial charge in [0.05, 0.1) is 6.54 Å². The number of carboxylic acid groups (broad SMARTS) is 1. The van der Waals surface area contributed by atoms with Crippen LogP contribution in [-0.2, 0) is 4.79 Å². The van der Waals surface area contributed by atoms with Crippen molar-refractivity contribution in [3.05, 3.63) is 0 Å². The number of aliphatic carboxylic acids is 1. The van der Waals surface area contributed by atoms with Crippen LogP contribution in [0.3, 0.4) is 0 Å². The first-order valence-electron chi connectivity index (χ1n) is 7.67. The Morgan fingerprint density at radius 3 is 2.53 bits per heavy atom. The van der Waals surface area contributed by atoms with Crippen molar-refractivity contribution in [3.8, 4) is 0 Å². The standard InChI is InChI=1S/C15H30N2O2/c1-5-13(4)17(11-15(18)19)14-7-6-9-16(10-8-14)12(2)3/h12-14H,5-11H2,1-4H3,(H,18,19). The van der Waals surface area contributed by atoms with E-state index in [4.69, 9.17) is 5.11 Å². The Balaban J connectivity index is 2.66. The lowest BCUT2D eigenvalue weighted by Crippen LogP contribution is -2.45. The largest absolute Gasteiger partial charge is 0.480 e. The van der Waals surface area contributed by atoms with E-state index in [-0.39, 0.29) is 6.54 Å². The minimum Gasteiger partial charge on any atom is -0.480 e. The second kappa shape index (κ2) is 7.85. The highest BCUT2D eigenvalue weighted by atomic mass is 16.4. The van der Waals surface area contributed by atoms with Crippen LogP contribution in [0.25, 0.3) is 0 Å². The van der Waals surface area contributed by atoms with Gasteiger partial charge in [-0.2, -0.15) is 0 Å². The van der Waals surface area contributed by atoms with E-state index in [2.05, 4.69) is 37.5 Å². The Bertz CT molecular complexity index is 281. The molecule has 1 fully saturated rings. The third kappa shape index (κ3) is 5.11. The summed E-state index contributed by atoms with van der Waals surface area (Å²) in [5.74, 6) is -0.703. The van der Waals surface area contributed by atoms with Gasteiger partial charge in [-0.25, -0.2) is 0 Å². The molecule has 1 aliphatic heterocycles. The Morgan fingerprint density at radius 2 is 2.00 bits per heavy atom. The highest BCUT2D eigenvalue weighted by Gasteiger charge is 2.27. The molecular formula is C15H30N2O2. The molecule has 0 spiro atoms. The van der Waals surface area contributed by atoms with E-state index in [9.17, 15) is 4.79 Å². The maximum absolute atomic E-state index is 11.1. The normalized spacial score (nSPS) is 23.6. The van der Waals surface area contributed by atoms with Gasteiger partial charge in [0.1, 0.15) is 0 Å². The zero-order valence-corrected chi connectivity index (χ0v) is 12.9. The van der Waals surface area contributed by atoms with E-state index in [0.717, 1.165) is 32.4 Å². The molecule has 1 rings (SSSR count). The van der Waals surface area contributed by atoms with Crippen LogP contribution in [0.1, 0.15) is 53.4 Å². The summed E-state index contributed by atoms with van der Waals surface area (Å²) in [6, 6.07) is 1.37. The second-order valence-electron chi connectivity index (χ2n) is 6.04. The molecule has 1 saturated heterocycles. The molecule has 1 N–H and O–H groups in total. The van der Waals surface area contributed by atoms with Crippen LogP contribution in [0.2, 0.25) is 0 Å². The van der Waals surface area contributed by atoms with Gasteiger partial charge in [-0.15, -0.1) is 0 Å². The molecule has 0 radical (unpaired) electrons. The van der Waals surface area contributed by atoms with Crippen LogP contribution in [0.5, 0.6) is 0 Å². The van der Waals surface area contributed by atoms with Crippen molar-refractivity contribution in [3.63, 3.8) is 0 Å². The molecule has 0 saturated carbocycles. The summed E-state index contributed by atoms with van der Waals surface area (Å²) in [5.41, 5.74) is 0. The summed E-state index contributed by atoms with van der Waals surface area (Å²) in [5, 5.41) is 9.12. The summed E-state index contributed by atoms with van der Waals surface area (Å²) in [6.07, 6.45) is 4.41. The van der Waals surface area contributed by atoms with Crippen molar-refractivity contribution < 1.29 is 9.90 Å². The van der Waals surface area contributed by atoms with E-state index in [1.165, 1.54) is 6.42 Å². The molecule has 0 amide bonds. The Kier molecular flexibility index (Phi) is 6.80. The van der Waals surface area contributed by atoms with Gasteiger partial charge in [-0.05, 0) is 59.5 Å². The smallest absolute Gasteiger partial charge is 0.317 e. The number of nitrogens with zero attached hydrogens (tertiary/aromatic N) is 2. The van der Waals surface area contributed by atoms with E-state index in [1.807, 2.05) is 0 Å². The number of hydrogen-bond acceptors (Lipinski definition) is 3. The molecule has 112 valence electrons. The molecule has 0 aromatic rings. The van der Waals surface area contributed by atoms with E-state index in [0.29, 0.717) is 18.1 Å². The average Bonchev–Trinajstić information content (AvgIpc) is 2.60. The van der Waals surface area contributed by atoms with Crippen molar-refractivity contribution in [2.24, 2.45) is 0 Å². The molecule has 0 aromatic carbocycles. The van der Waals surface area contributed by atoms with Crippen LogP contribution in [0.4, 0.5) is 0 Å². The monoisotopic (exact) mass is 270 g/mol. The summed E-state index contributed by atoms with van der Waals surface area (Å²) < 4.78 is 0. The number of carboxylic acids is 1. The van der Waals surface area contributed by atoms with Gasteiger partial charge in [-0.1, -0.05) is 6.92 Å². The van der Waals surface area contributed by atoms with Crippen LogP contribution in [0.15, 0.2) is 0 Å². The first-order valence-corrected chi connectivity index (χ1v) is 7.67. The SMILES string of the molecule is CCC(C)N(CC(=O)O)C1CCCN(C(C)C)CC1. The molecule has 0 aliphatic carbocycles. The maximum Gasteiger partial charge on any atom is 0.317 e. The molecule has 4 nitrogen and oxygen atoms in total. The van der Waals surface area contributed by atoms with Crippen molar-refractivity contribution in [1.29, 1.82) is 0 Å². The summed E-state index contributed by atoms with van der Waals surface area (Å²) in [6.45, 7) is 11.2. The fourth-order valence-corrected chi connectivity index (χ4v) is 2.98. The highest BCUT2D eigenvalue weighted by molar-refractivity contribution is 5.69. The van der Waals surface area contributed by atoms with Gasteiger partial charge in [0.15, 0.2) is 0 Å². The summed E-state index contributed by atoms with van der Waals surface area (Å²) >= 11 is 0. The van der Waals surface area contributed by atoms with E-state index < -0.39 is 5.97 Å². The molecule has 0 aromatic heterocycles. The molecule has 1 aliphatic rings. The average molecular weight is 270 g/mol. The molecule has 2 atom stereocenters. The molecular weight excluding hydrogens is 240 g/mol. The Hall–Kier alpha value is -0.610. The molecule has 2 unspecified atom stereocenters. The quantitative estimate of drug-likeness (QED) is 0.805. The highest BCUT2D eigenvalue weighted by Crippen LogP contribution is 2.21. The minimum absolute atomic E-state index is 0.182. The lowest BCUT2D eigenvalue weighted by atomic mass is 10.0. The van der Waals surface area contributed by atoms with Crippen molar-refractivity contribution in [2.45, 2.75) is 71.5 Å². The lowest BCUT2D eigenvalue weighted by Gasteiger charge is -2.34. The minimum atomic E-state index is -0.703. The third-order valence-electron chi connectivity index (χ3n) is 4.41. The topological polar surface area (TPSA) is 43.8 Å². The molecule has 0 bridgehead atoms. The fourth-order valence-electron chi connectivity index (χ4n) is 2.98. The first kappa shape index (κ1) is 16.4. The predicted molar refractivity (Wildman–Crippen MR) is 78.4 cm³/mol. The van der Waals surface area contributed by atoms with Crippen molar-refractivity contribution in [2.75, 3.05) is 19.6 Å². The predicted octanol–water partition coefficient (Wildman–Crippen LogP) is 2.43. The van der Waals surface area contributed by atoms with Gasteiger partial charge in [-0.3, -0.25) is 9.69 Å². The zero-order valence-electron chi connectivity index (χ0n) is 12.9. The Labute approximate surface area is 117 Å². The van der Waals surface area contributed by atoms with E-state index >= 15 is 0 Å². The molecule has 4 heteroatoms. The second-order valence-corrected chi connectivity index (χ2v) is 6.04. The summed E-state index contributed by atoms with van der Waals surface area (Å²) in [7, 11) is 0. The first-order chi connectivity index (χ1) is 8.95. The number of hydrogen-bond donors (Lipinski definition) is 1. The maximum atomic E-state index is 11.1. The van der Waals surface area contributed by atoms with Gasteiger partial charge in [0.25, 0.3) is 0 Å². The third-order valence-corrected chi connectivity index (χ3v) is 4.41. The molecule has 19 heavy (non-hydrogen) atoms. The van der Waals surface area contributed by atoms with Crippen LogP contribution >= 0.6 is 0 Å². The lowest BCUT2D eigenvalue weighted by molar-refractivity contribution is -0.139. The number of rotatable bonds is 6. The fraction of sp³-hybridized carbons (Fsp3) is 0.933. The zero-order chi connectivity index (χ0) is 14.4. The van der Waals surface area contributed by atoms with Gasteiger partial charge in [0, 0.05) is 18.1 Å². The van der Waals surface area contributed by atoms with Crippen LogP contribution in [-0.4, -0.2) is 58.6 Å². The molecule has 1 heterocycles. The van der Waals surface area contributed by atoms with Crippen LogP contribution < -0.4 is 0 Å². The van der Waals surface area contributed by atoms with Crippen molar-refractivity contribution in [1.82, 2.24) is 9.80 Å². The Morgan fingerprint density at radius 1 is 1.32 bits per heavy atom. The van der Waals surface area contributed by atoms with Gasteiger partial charge in [0.2, 0.25) is 0 Å². The van der Waals surface area contributed by atoms with Crippen LogP contribution in [0, 0.1) is 0 Å². The van der Waals surface area contributed by atoms with Gasteiger partial charge < -0.3 is 10.0 Å².